The van der Waals surface area contributed by atoms with Crippen LogP contribution in [0.2, 0.25) is 0 Å². The normalized spacial score (nSPS) is 20.9. The van der Waals surface area contributed by atoms with Crippen molar-refractivity contribution >= 4 is 53.3 Å². The van der Waals surface area contributed by atoms with Gasteiger partial charge in [0.05, 0.1) is 12.6 Å². The van der Waals surface area contributed by atoms with Crippen molar-refractivity contribution in [1.82, 2.24) is 30.7 Å². The fourth-order valence-electron chi connectivity index (χ4n) is 6.98. The van der Waals surface area contributed by atoms with Gasteiger partial charge >= 0.3 is 5.97 Å². The highest BCUT2D eigenvalue weighted by atomic mass is 16.4. The van der Waals surface area contributed by atoms with Crippen LogP contribution in [0.5, 0.6) is 0 Å². The van der Waals surface area contributed by atoms with Gasteiger partial charge in [0.15, 0.2) is 5.96 Å². The number of aliphatic hydroxyl groups is 1. The first-order valence-corrected chi connectivity index (χ1v) is 19.3. The van der Waals surface area contributed by atoms with Crippen LogP contribution in [0.25, 0.3) is 0 Å². The molecule has 3 aliphatic rings. The number of likely N-dealkylation sites (tertiary alicyclic amines) is 3. The van der Waals surface area contributed by atoms with E-state index in [9.17, 15) is 43.8 Å². The highest BCUT2D eigenvalue weighted by molar-refractivity contribution is 5.97. The molecule has 3 rings (SSSR count). The quantitative estimate of drug-likeness (QED) is 0.0339. The molecule has 0 aromatic rings. The zero-order valence-electron chi connectivity index (χ0n) is 32.8. The number of carbonyl (C=O) groups excluding carboxylic acids is 6. The molecule has 7 unspecified atom stereocenters. The van der Waals surface area contributed by atoms with E-state index in [-0.39, 0.29) is 45.0 Å². The molecule has 22 heteroatoms. The summed E-state index contributed by atoms with van der Waals surface area (Å²) in [7, 11) is 0. The number of aliphatic carboxylic acids is 2. The van der Waals surface area contributed by atoms with E-state index in [1.807, 2.05) is 0 Å². The topological polar surface area (TPSA) is 360 Å². The molecule has 7 atom stereocenters. The number of hydrogen-bond donors (Lipinski definition) is 10. The monoisotopic (exact) mass is 811 g/mol. The maximum Gasteiger partial charge on any atom is 0.326 e. The van der Waals surface area contributed by atoms with Gasteiger partial charge in [0.25, 0.3) is 5.97 Å². The van der Waals surface area contributed by atoms with E-state index >= 15 is 0 Å². The van der Waals surface area contributed by atoms with Crippen LogP contribution in [0.15, 0.2) is 4.99 Å². The van der Waals surface area contributed by atoms with Gasteiger partial charge in [-0.1, -0.05) is 0 Å². The lowest BCUT2D eigenvalue weighted by molar-refractivity contribution is -0.148. The number of unbranched alkanes of at least 4 members (excludes halogenated alkanes) is 1. The van der Waals surface area contributed by atoms with Crippen molar-refractivity contribution < 1.29 is 53.7 Å². The van der Waals surface area contributed by atoms with Crippen LogP contribution < -0.4 is 38.9 Å². The van der Waals surface area contributed by atoms with Gasteiger partial charge in [0.2, 0.25) is 35.4 Å². The van der Waals surface area contributed by atoms with Crippen LogP contribution in [-0.2, 0) is 38.4 Å². The van der Waals surface area contributed by atoms with Crippen LogP contribution in [0.4, 0.5) is 0 Å². The van der Waals surface area contributed by atoms with Gasteiger partial charge in [-0.15, -0.1) is 0 Å². The Labute approximate surface area is 331 Å². The third kappa shape index (κ3) is 15.1. The standard InChI is InChI=1S/C33H57N11O9.C2H4O2/c1-19(45)26(35)29(49)41-20(8-2-3-13-34)30(50)44-17-6-11-23(44)28(48)40-21(9-4-14-38-33(36)37)31(51)43-16-5-10-22(43)27(47)39-18-25(46)42-15-7-12-24(42)32(52)53;1-2(3)4/h19-24,26,45H,2-18,34-35H2,1H3,(H,39,47)(H,40,48)(H,41,49)(H,52,53)(H4,36,37,38);1H3,(H,3,4). The number of nitrogens with zero attached hydrogens (tertiary/aromatic N) is 4. The third-order valence-corrected chi connectivity index (χ3v) is 9.89. The fraction of sp³-hybridized carbons (Fsp3) is 0.743. The van der Waals surface area contributed by atoms with Gasteiger partial charge < -0.3 is 68.9 Å². The van der Waals surface area contributed by atoms with E-state index in [2.05, 4.69) is 20.9 Å². The molecule has 0 aliphatic carbocycles. The van der Waals surface area contributed by atoms with Crippen molar-refractivity contribution in [3.05, 3.63) is 0 Å². The molecule has 57 heavy (non-hydrogen) atoms. The Morgan fingerprint density at radius 1 is 0.754 bits per heavy atom. The van der Waals surface area contributed by atoms with E-state index in [4.69, 9.17) is 32.8 Å². The summed E-state index contributed by atoms with van der Waals surface area (Å²) in [6.07, 6.45) is 3.00. The summed E-state index contributed by atoms with van der Waals surface area (Å²) in [6, 6.07) is -6.26. The molecule has 6 amide bonds. The van der Waals surface area contributed by atoms with Crippen molar-refractivity contribution in [1.29, 1.82) is 0 Å². The number of carboxylic acid groups (broad SMARTS) is 2. The van der Waals surface area contributed by atoms with Crippen molar-refractivity contribution in [2.45, 2.75) is 127 Å². The first-order chi connectivity index (χ1) is 26.9. The minimum atomic E-state index is -1.27. The molecule has 22 nitrogen and oxygen atoms in total. The van der Waals surface area contributed by atoms with E-state index in [1.54, 1.807) is 0 Å². The number of amides is 6. The number of aliphatic imine (C=N–C) groups is 1. The van der Waals surface area contributed by atoms with Crippen LogP contribution in [-0.4, -0.2) is 165 Å². The third-order valence-electron chi connectivity index (χ3n) is 9.89. The number of guanidine groups is 1. The van der Waals surface area contributed by atoms with Gasteiger partial charge in [-0.05, 0) is 84.1 Å². The molecule has 322 valence electrons. The summed E-state index contributed by atoms with van der Waals surface area (Å²) in [4.78, 5) is 109. The average molecular weight is 812 g/mol. The van der Waals surface area contributed by atoms with Gasteiger partial charge in [-0.3, -0.25) is 38.6 Å². The Balaban J connectivity index is 0.00000267. The molecule has 0 saturated carbocycles. The van der Waals surface area contributed by atoms with Crippen molar-refractivity contribution in [3.8, 4) is 0 Å². The Bertz CT molecular complexity index is 1460. The lowest BCUT2D eigenvalue weighted by Crippen LogP contribution is -2.59. The van der Waals surface area contributed by atoms with Gasteiger partial charge in [0.1, 0.15) is 36.3 Å². The average Bonchev–Trinajstić information content (AvgIpc) is 3.95. The Hall–Kier alpha value is -5.09. The second kappa shape index (κ2) is 23.9. The molecule has 0 spiro atoms. The highest BCUT2D eigenvalue weighted by Gasteiger charge is 2.42. The molecule has 0 aromatic carbocycles. The summed E-state index contributed by atoms with van der Waals surface area (Å²) in [6.45, 7) is 3.26. The first-order valence-electron chi connectivity index (χ1n) is 19.3. The zero-order valence-corrected chi connectivity index (χ0v) is 32.8. The van der Waals surface area contributed by atoms with Crippen LogP contribution in [0.3, 0.4) is 0 Å². The SMILES string of the molecule is CC(=O)O.CC(O)C(N)C(=O)NC(CCCCN)C(=O)N1CCCC1C(=O)NC(CCCN=C(N)N)C(=O)N1CCCC1C(=O)NCC(=O)N1CCCC1C(=O)O. The van der Waals surface area contributed by atoms with Gasteiger partial charge in [0, 0.05) is 33.1 Å². The Morgan fingerprint density at radius 2 is 1.25 bits per heavy atom. The lowest BCUT2D eigenvalue weighted by Gasteiger charge is -2.32. The molecule has 14 N–H and O–H groups in total. The van der Waals surface area contributed by atoms with E-state index in [0.717, 1.165) is 6.92 Å². The fourth-order valence-corrected chi connectivity index (χ4v) is 6.98. The molecule has 3 aliphatic heterocycles. The summed E-state index contributed by atoms with van der Waals surface area (Å²) < 4.78 is 0. The zero-order chi connectivity index (χ0) is 42.8. The smallest absolute Gasteiger partial charge is 0.326 e. The number of aliphatic hydroxyl groups excluding tert-OH is 1. The lowest BCUT2D eigenvalue weighted by atomic mass is 10.0. The minimum absolute atomic E-state index is 0.103. The second-order valence-electron chi connectivity index (χ2n) is 14.3. The minimum Gasteiger partial charge on any atom is -0.481 e. The number of rotatable bonds is 19. The Morgan fingerprint density at radius 3 is 1.75 bits per heavy atom. The molecule has 3 heterocycles. The summed E-state index contributed by atoms with van der Waals surface area (Å²) >= 11 is 0. The largest absolute Gasteiger partial charge is 0.481 e. The maximum atomic E-state index is 14.0. The van der Waals surface area contributed by atoms with E-state index in [1.165, 1.54) is 21.6 Å². The van der Waals surface area contributed by atoms with Gasteiger partial charge in [-0.25, -0.2) is 4.79 Å². The predicted molar refractivity (Wildman–Crippen MR) is 204 cm³/mol. The summed E-state index contributed by atoms with van der Waals surface area (Å²) in [5.41, 5.74) is 22.3. The Kier molecular flexibility index (Phi) is 20.1. The van der Waals surface area contributed by atoms with Gasteiger partial charge in [-0.2, -0.15) is 0 Å². The number of carboxylic acids is 2. The van der Waals surface area contributed by atoms with Crippen molar-refractivity contribution in [3.63, 3.8) is 0 Å². The maximum absolute atomic E-state index is 14.0. The van der Waals surface area contributed by atoms with Crippen molar-refractivity contribution in [2.24, 2.45) is 27.9 Å². The molecule has 0 bridgehead atoms. The molecule has 3 saturated heterocycles. The van der Waals surface area contributed by atoms with Crippen LogP contribution >= 0.6 is 0 Å². The number of nitrogens with two attached hydrogens (primary N) is 4. The molecule has 0 aromatic heterocycles. The number of nitrogens with one attached hydrogen (secondary N) is 3. The van der Waals surface area contributed by atoms with E-state index < -0.39 is 96.3 Å². The molecule has 3 fully saturated rings. The molecular formula is C35H61N11O11. The number of carbonyl (C=O) groups is 8. The van der Waals surface area contributed by atoms with Crippen LogP contribution in [0, 0.1) is 0 Å². The summed E-state index contributed by atoms with van der Waals surface area (Å²) in [5, 5.41) is 34.6. The highest BCUT2D eigenvalue weighted by Crippen LogP contribution is 2.23. The first kappa shape index (κ1) is 48.1. The molecular weight excluding hydrogens is 750 g/mol. The van der Waals surface area contributed by atoms with Crippen LogP contribution in [0.1, 0.15) is 84.5 Å². The molecule has 0 radical (unpaired) electrons. The summed E-state index contributed by atoms with van der Waals surface area (Å²) in [5.74, 6) is -5.55. The number of hydrogen-bond acceptors (Lipinski definition) is 12. The van der Waals surface area contributed by atoms with Crippen molar-refractivity contribution in [2.75, 3.05) is 39.3 Å². The predicted octanol–water partition coefficient (Wildman–Crippen LogP) is -3.89. The second-order valence-corrected chi connectivity index (χ2v) is 14.3. The van der Waals surface area contributed by atoms with E-state index in [0.29, 0.717) is 64.3 Å².